The van der Waals surface area contributed by atoms with Crippen molar-refractivity contribution in [1.29, 1.82) is 0 Å². The SMILES string of the molecule is Cc1cc(C)cc(NC(=O)CC(C)C(N)=O)c1. The second-order valence-electron chi connectivity index (χ2n) is 4.43. The minimum atomic E-state index is -0.458. The van der Waals surface area contributed by atoms with Crippen LogP contribution in [0.5, 0.6) is 0 Å². The van der Waals surface area contributed by atoms with Gasteiger partial charge in [0.25, 0.3) is 0 Å². The number of rotatable bonds is 4. The van der Waals surface area contributed by atoms with Gasteiger partial charge in [-0.15, -0.1) is 0 Å². The van der Waals surface area contributed by atoms with Crippen LogP contribution in [0.3, 0.4) is 0 Å². The fourth-order valence-corrected chi connectivity index (χ4v) is 1.64. The van der Waals surface area contributed by atoms with Crippen LogP contribution in [0.2, 0.25) is 0 Å². The predicted molar refractivity (Wildman–Crippen MR) is 67.5 cm³/mol. The van der Waals surface area contributed by atoms with E-state index in [0.29, 0.717) is 0 Å². The number of carbonyl (C=O) groups excluding carboxylic acids is 2. The lowest BCUT2D eigenvalue weighted by Gasteiger charge is -2.09. The van der Waals surface area contributed by atoms with Crippen molar-refractivity contribution in [2.45, 2.75) is 27.2 Å². The van der Waals surface area contributed by atoms with Gasteiger partial charge in [0.15, 0.2) is 0 Å². The molecule has 4 heteroatoms. The first-order valence-corrected chi connectivity index (χ1v) is 5.56. The van der Waals surface area contributed by atoms with E-state index in [1.165, 1.54) is 0 Å². The van der Waals surface area contributed by atoms with Crippen molar-refractivity contribution in [1.82, 2.24) is 0 Å². The minimum Gasteiger partial charge on any atom is -0.369 e. The van der Waals surface area contributed by atoms with E-state index in [-0.39, 0.29) is 12.3 Å². The van der Waals surface area contributed by atoms with Gasteiger partial charge in [-0.2, -0.15) is 0 Å². The Hall–Kier alpha value is -1.84. The maximum atomic E-state index is 11.6. The van der Waals surface area contributed by atoms with Crippen molar-refractivity contribution in [3.8, 4) is 0 Å². The Kier molecular flexibility index (Phi) is 4.26. The highest BCUT2D eigenvalue weighted by Crippen LogP contribution is 2.14. The van der Waals surface area contributed by atoms with E-state index in [0.717, 1.165) is 16.8 Å². The Morgan fingerprint density at radius 1 is 1.24 bits per heavy atom. The van der Waals surface area contributed by atoms with E-state index < -0.39 is 11.8 Å². The van der Waals surface area contributed by atoms with E-state index >= 15 is 0 Å². The zero-order chi connectivity index (χ0) is 13.0. The zero-order valence-corrected chi connectivity index (χ0v) is 10.4. The lowest BCUT2D eigenvalue weighted by atomic mass is 10.1. The predicted octanol–water partition coefficient (Wildman–Crippen LogP) is 1.75. The van der Waals surface area contributed by atoms with Gasteiger partial charge in [0.1, 0.15) is 0 Å². The Morgan fingerprint density at radius 2 is 1.76 bits per heavy atom. The lowest BCUT2D eigenvalue weighted by molar-refractivity contribution is -0.125. The molecule has 0 aliphatic heterocycles. The summed E-state index contributed by atoms with van der Waals surface area (Å²) < 4.78 is 0. The van der Waals surface area contributed by atoms with Gasteiger partial charge in [-0.05, 0) is 37.1 Å². The first kappa shape index (κ1) is 13.2. The van der Waals surface area contributed by atoms with Crippen molar-refractivity contribution in [2.24, 2.45) is 11.7 Å². The summed E-state index contributed by atoms with van der Waals surface area (Å²) in [6.45, 7) is 5.58. The first-order chi connectivity index (χ1) is 7.88. The summed E-state index contributed by atoms with van der Waals surface area (Å²) in [4.78, 5) is 22.5. The van der Waals surface area contributed by atoms with E-state index in [2.05, 4.69) is 5.32 Å². The van der Waals surface area contributed by atoms with Crippen LogP contribution in [-0.2, 0) is 9.59 Å². The number of nitrogens with one attached hydrogen (secondary N) is 1. The minimum absolute atomic E-state index is 0.113. The Morgan fingerprint density at radius 3 is 2.24 bits per heavy atom. The molecule has 0 saturated heterocycles. The first-order valence-electron chi connectivity index (χ1n) is 5.56. The number of anilines is 1. The Balaban J connectivity index is 2.65. The number of primary amides is 1. The molecule has 1 unspecified atom stereocenters. The van der Waals surface area contributed by atoms with Crippen LogP contribution in [0, 0.1) is 19.8 Å². The van der Waals surface area contributed by atoms with Crippen LogP contribution in [0.25, 0.3) is 0 Å². The van der Waals surface area contributed by atoms with Gasteiger partial charge < -0.3 is 11.1 Å². The third-order valence-corrected chi connectivity index (χ3v) is 2.48. The summed E-state index contributed by atoms with van der Waals surface area (Å²) in [5, 5.41) is 2.76. The van der Waals surface area contributed by atoms with Crippen molar-refractivity contribution in [3.05, 3.63) is 29.3 Å². The molecule has 17 heavy (non-hydrogen) atoms. The molecule has 0 aromatic heterocycles. The van der Waals surface area contributed by atoms with Crippen molar-refractivity contribution >= 4 is 17.5 Å². The van der Waals surface area contributed by atoms with E-state index in [1.807, 2.05) is 32.0 Å². The number of carbonyl (C=O) groups is 2. The van der Waals surface area contributed by atoms with Crippen LogP contribution >= 0.6 is 0 Å². The molecule has 0 heterocycles. The van der Waals surface area contributed by atoms with Gasteiger partial charge in [0.05, 0.1) is 0 Å². The molecule has 1 atom stereocenters. The highest BCUT2D eigenvalue weighted by molar-refractivity contribution is 5.93. The molecule has 3 N–H and O–H groups in total. The fraction of sp³-hybridized carbons (Fsp3) is 0.385. The molecule has 1 aromatic rings. The fourth-order valence-electron chi connectivity index (χ4n) is 1.64. The second kappa shape index (κ2) is 5.48. The van der Waals surface area contributed by atoms with E-state index in [1.54, 1.807) is 6.92 Å². The molecule has 0 aliphatic rings. The molecule has 92 valence electrons. The summed E-state index contributed by atoms with van der Waals surface area (Å²) >= 11 is 0. The third kappa shape index (κ3) is 4.26. The highest BCUT2D eigenvalue weighted by atomic mass is 16.2. The van der Waals surface area contributed by atoms with Crippen molar-refractivity contribution < 1.29 is 9.59 Å². The smallest absolute Gasteiger partial charge is 0.225 e. The summed E-state index contributed by atoms with van der Waals surface area (Å²) in [6.07, 6.45) is 0.113. The average molecular weight is 234 g/mol. The molecule has 2 amide bonds. The molecule has 0 bridgehead atoms. The lowest BCUT2D eigenvalue weighted by Crippen LogP contribution is -2.25. The highest BCUT2D eigenvalue weighted by Gasteiger charge is 2.14. The zero-order valence-electron chi connectivity index (χ0n) is 10.4. The summed E-state index contributed by atoms with van der Waals surface area (Å²) in [7, 11) is 0. The second-order valence-corrected chi connectivity index (χ2v) is 4.43. The molecule has 1 aromatic carbocycles. The van der Waals surface area contributed by atoms with Gasteiger partial charge in [-0.1, -0.05) is 13.0 Å². The van der Waals surface area contributed by atoms with Gasteiger partial charge in [0, 0.05) is 18.0 Å². The quantitative estimate of drug-likeness (QED) is 0.833. The molecule has 0 radical (unpaired) electrons. The number of hydrogen-bond donors (Lipinski definition) is 2. The van der Waals surface area contributed by atoms with E-state index in [4.69, 9.17) is 5.73 Å². The molecular weight excluding hydrogens is 216 g/mol. The van der Waals surface area contributed by atoms with Crippen LogP contribution in [0.4, 0.5) is 5.69 Å². The monoisotopic (exact) mass is 234 g/mol. The summed E-state index contributed by atoms with van der Waals surface area (Å²) in [5.74, 6) is -1.09. The van der Waals surface area contributed by atoms with Crippen molar-refractivity contribution in [3.63, 3.8) is 0 Å². The van der Waals surface area contributed by atoms with Crippen LogP contribution in [-0.4, -0.2) is 11.8 Å². The van der Waals surface area contributed by atoms with Crippen molar-refractivity contribution in [2.75, 3.05) is 5.32 Å². The maximum absolute atomic E-state index is 11.6. The molecule has 0 saturated carbocycles. The van der Waals surface area contributed by atoms with Crippen LogP contribution < -0.4 is 11.1 Å². The average Bonchev–Trinajstić information content (AvgIpc) is 2.14. The third-order valence-electron chi connectivity index (χ3n) is 2.48. The van der Waals surface area contributed by atoms with Crippen LogP contribution in [0.15, 0.2) is 18.2 Å². The number of aryl methyl sites for hydroxylation is 2. The number of nitrogens with two attached hydrogens (primary N) is 1. The summed E-state index contributed by atoms with van der Waals surface area (Å²) in [5.41, 5.74) is 8.03. The maximum Gasteiger partial charge on any atom is 0.225 e. The molecule has 1 rings (SSSR count). The van der Waals surface area contributed by atoms with Gasteiger partial charge in [-0.3, -0.25) is 9.59 Å². The van der Waals surface area contributed by atoms with Gasteiger partial charge in [-0.25, -0.2) is 0 Å². The Bertz CT molecular complexity index is 421. The normalized spacial score (nSPS) is 11.9. The van der Waals surface area contributed by atoms with Gasteiger partial charge in [0.2, 0.25) is 11.8 Å². The molecule has 4 nitrogen and oxygen atoms in total. The largest absolute Gasteiger partial charge is 0.369 e. The number of hydrogen-bond acceptors (Lipinski definition) is 2. The molecule has 0 fully saturated rings. The standard InChI is InChI=1S/C13H18N2O2/c1-8-4-9(2)6-11(5-8)15-12(16)7-10(3)13(14)17/h4-6,10H,7H2,1-3H3,(H2,14,17)(H,15,16). The van der Waals surface area contributed by atoms with Crippen LogP contribution in [0.1, 0.15) is 24.5 Å². The van der Waals surface area contributed by atoms with E-state index in [9.17, 15) is 9.59 Å². The molecule has 0 aliphatic carbocycles. The van der Waals surface area contributed by atoms with Gasteiger partial charge >= 0.3 is 0 Å². The topological polar surface area (TPSA) is 72.2 Å². The Labute approximate surface area is 101 Å². The number of benzene rings is 1. The molecule has 0 spiro atoms. The summed E-state index contributed by atoms with van der Waals surface area (Å²) in [6, 6.07) is 5.81. The number of amides is 2. The molecular formula is C13H18N2O2.